The summed E-state index contributed by atoms with van der Waals surface area (Å²) in [4.78, 5) is 10.2. The first-order valence-corrected chi connectivity index (χ1v) is 10.1. The van der Waals surface area contributed by atoms with Crippen LogP contribution in [0.25, 0.3) is 22.2 Å². The first-order chi connectivity index (χ1) is 14.3. The maximum absolute atomic E-state index is 5.44. The number of fused-ring (bicyclic) bond motifs is 1. The van der Waals surface area contributed by atoms with Gasteiger partial charge in [0.1, 0.15) is 0 Å². The highest BCUT2D eigenvalue weighted by molar-refractivity contribution is 5.90. The monoisotopic (exact) mass is 387 g/mol. The Kier molecular flexibility index (Phi) is 5.02. The SMILES string of the molecule is C1=C(c2ccncc2)NNC=C1c1cc2ccc(CCN3CCOCC3)cc2[nH]1. The molecule has 5 rings (SSSR count). The summed E-state index contributed by atoms with van der Waals surface area (Å²) < 4.78 is 5.44. The smallest absolute Gasteiger partial charge is 0.0620 e. The van der Waals surface area contributed by atoms with E-state index in [1.54, 1.807) is 12.4 Å². The van der Waals surface area contributed by atoms with Crippen LogP contribution < -0.4 is 10.9 Å². The van der Waals surface area contributed by atoms with E-state index in [2.05, 4.69) is 56.1 Å². The Hall–Kier alpha value is -3.09. The molecular formula is C23H25N5O. The van der Waals surface area contributed by atoms with Gasteiger partial charge in [-0.3, -0.25) is 9.88 Å². The summed E-state index contributed by atoms with van der Waals surface area (Å²) in [7, 11) is 0. The van der Waals surface area contributed by atoms with E-state index in [0.717, 1.165) is 61.8 Å². The van der Waals surface area contributed by atoms with E-state index in [4.69, 9.17) is 4.74 Å². The number of hydrogen-bond acceptors (Lipinski definition) is 5. The Balaban J connectivity index is 1.34. The van der Waals surface area contributed by atoms with Crippen molar-refractivity contribution in [2.45, 2.75) is 6.42 Å². The summed E-state index contributed by atoms with van der Waals surface area (Å²) in [5.74, 6) is 0. The maximum Gasteiger partial charge on any atom is 0.0620 e. The number of benzene rings is 1. The second kappa shape index (κ2) is 8.11. The highest BCUT2D eigenvalue weighted by Crippen LogP contribution is 2.26. The summed E-state index contributed by atoms with van der Waals surface area (Å²) in [6.45, 7) is 4.87. The molecule has 0 saturated carbocycles. The van der Waals surface area contributed by atoms with E-state index in [1.807, 2.05) is 18.3 Å². The first-order valence-electron chi connectivity index (χ1n) is 10.1. The predicted molar refractivity (Wildman–Crippen MR) is 116 cm³/mol. The zero-order valence-corrected chi connectivity index (χ0v) is 16.3. The number of nitrogens with zero attached hydrogens (tertiary/aromatic N) is 2. The number of aromatic amines is 1. The van der Waals surface area contributed by atoms with Crippen LogP contribution in [0.5, 0.6) is 0 Å². The normalized spacial score (nSPS) is 17.4. The molecule has 1 aromatic carbocycles. The van der Waals surface area contributed by atoms with Gasteiger partial charge < -0.3 is 20.6 Å². The van der Waals surface area contributed by atoms with Crippen LogP contribution in [-0.2, 0) is 11.2 Å². The molecule has 2 aliphatic heterocycles. The molecule has 0 unspecified atom stereocenters. The highest BCUT2D eigenvalue weighted by Gasteiger charge is 2.12. The van der Waals surface area contributed by atoms with Gasteiger partial charge in [0.25, 0.3) is 0 Å². The standard InChI is InChI=1S/C23H25N5O/c1-2-19-14-22(20-15-23(27-25-16-20)18-3-6-24-7-4-18)26-21(19)13-17(1)5-8-28-9-11-29-12-10-28/h1-4,6-7,13-16,25-27H,5,8-12H2. The molecule has 6 heteroatoms. The average Bonchev–Trinajstić information content (AvgIpc) is 3.23. The molecule has 0 amide bonds. The van der Waals surface area contributed by atoms with Crippen LogP contribution in [0.4, 0.5) is 0 Å². The van der Waals surface area contributed by atoms with Gasteiger partial charge in [-0.25, -0.2) is 0 Å². The molecule has 0 bridgehead atoms. The number of allylic oxidation sites excluding steroid dienone is 2. The van der Waals surface area contributed by atoms with Gasteiger partial charge in [-0.2, -0.15) is 0 Å². The molecule has 4 heterocycles. The van der Waals surface area contributed by atoms with E-state index in [1.165, 1.54) is 16.5 Å². The molecule has 0 atom stereocenters. The van der Waals surface area contributed by atoms with Gasteiger partial charge in [0.2, 0.25) is 0 Å². The molecule has 148 valence electrons. The van der Waals surface area contributed by atoms with Crippen molar-refractivity contribution in [3.63, 3.8) is 0 Å². The lowest BCUT2D eigenvalue weighted by Crippen LogP contribution is -2.37. The summed E-state index contributed by atoms with van der Waals surface area (Å²) in [6.07, 6.45) is 8.80. The Labute approximate surface area is 170 Å². The van der Waals surface area contributed by atoms with Crippen molar-refractivity contribution in [3.05, 3.63) is 77.9 Å². The number of H-pyrrole nitrogens is 1. The lowest BCUT2D eigenvalue weighted by atomic mass is 10.1. The lowest BCUT2D eigenvalue weighted by molar-refractivity contribution is 0.0384. The van der Waals surface area contributed by atoms with Gasteiger partial charge in [0.05, 0.1) is 18.9 Å². The summed E-state index contributed by atoms with van der Waals surface area (Å²) in [5.41, 5.74) is 13.2. The fourth-order valence-electron chi connectivity index (χ4n) is 3.86. The number of aromatic nitrogens is 2. The summed E-state index contributed by atoms with van der Waals surface area (Å²) in [6, 6.07) is 12.9. The molecule has 2 aromatic heterocycles. The minimum atomic E-state index is 0.853. The minimum absolute atomic E-state index is 0.853. The Bertz CT molecular complexity index is 1050. The van der Waals surface area contributed by atoms with Gasteiger partial charge in [-0.15, -0.1) is 0 Å². The van der Waals surface area contributed by atoms with Crippen LogP contribution in [-0.4, -0.2) is 47.7 Å². The third kappa shape index (κ3) is 4.04. The second-order valence-electron chi connectivity index (χ2n) is 7.47. The van der Waals surface area contributed by atoms with Gasteiger partial charge in [-0.1, -0.05) is 12.1 Å². The van der Waals surface area contributed by atoms with Crippen molar-refractivity contribution in [1.29, 1.82) is 0 Å². The molecular weight excluding hydrogens is 362 g/mol. The highest BCUT2D eigenvalue weighted by atomic mass is 16.5. The molecule has 3 aromatic rings. The van der Waals surface area contributed by atoms with Gasteiger partial charge >= 0.3 is 0 Å². The van der Waals surface area contributed by atoms with Crippen molar-refractivity contribution < 1.29 is 4.74 Å². The van der Waals surface area contributed by atoms with Gasteiger partial charge in [0, 0.05) is 66.0 Å². The third-order valence-corrected chi connectivity index (χ3v) is 5.54. The molecule has 6 nitrogen and oxygen atoms in total. The molecule has 0 aliphatic carbocycles. The topological polar surface area (TPSA) is 65.2 Å². The molecule has 1 fully saturated rings. The number of morpholine rings is 1. The number of hydrogen-bond donors (Lipinski definition) is 3. The van der Waals surface area contributed by atoms with Crippen molar-refractivity contribution in [2.24, 2.45) is 0 Å². The molecule has 0 radical (unpaired) electrons. The maximum atomic E-state index is 5.44. The van der Waals surface area contributed by atoms with Crippen LogP contribution in [0.1, 0.15) is 16.8 Å². The number of pyridine rings is 1. The van der Waals surface area contributed by atoms with Gasteiger partial charge in [-0.05, 0) is 42.3 Å². The van der Waals surface area contributed by atoms with E-state index in [-0.39, 0.29) is 0 Å². The van der Waals surface area contributed by atoms with Gasteiger partial charge in [0.15, 0.2) is 0 Å². The van der Waals surface area contributed by atoms with Crippen molar-refractivity contribution >= 4 is 22.2 Å². The largest absolute Gasteiger partial charge is 0.379 e. The summed E-state index contributed by atoms with van der Waals surface area (Å²) >= 11 is 0. The zero-order valence-electron chi connectivity index (χ0n) is 16.3. The molecule has 29 heavy (non-hydrogen) atoms. The number of rotatable bonds is 5. The zero-order chi connectivity index (χ0) is 19.5. The van der Waals surface area contributed by atoms with Crippen LogP contribution in [0.15, 0.2) is 61.1 Å². The number of nitrogens with one attached hydrogen (secondary N) is 3. The van der Waals surface area contributed by atoms with Crippen molar-refractivity contribution in [1.82, 2.24) is 25.7 Å². The minimum Gasteiger partial charge on any atom is -0.379 e. The van der Waals surface area contributed by atoms with E-state index < -0.39 is 0 Å². The average molecular weight is 387 g/mol. The molecule has 0 spiro atoms. The second-order valence-corrected chi connectivity index (χ2v) is 7.47. The van der Waals surface area contributed by atoms with E-state index in [0.29, 0.717) is 0 Å². The van der Waals surface area contributed by atoms with Crippen molar-refractivity contribution in [2.75, 3.05) is 32.8 Å². The Morgan fingerprint density at radius 2 is 1.90 bits per heavy atom. The quantitative estimate of drug-likeness (QED) is 0.628. The number of ether oxygens (including phenoxy) is 1. The molecule has 3 N–H and O–H groups in total. The van der Waals surface area contributed by atoms with Crippen LogP contribution in [0.2, 0.25) is 0 Å². The van der Waals surface area contributed by atoms with Crippen molar-refractivity contribution in [3.8, 4) is 0 Å². The van der Waals surface area contributed by atoms with Crippen LogP contribution in [0.3, 0.4) is 0 Å². The third-order valence-electron chi connectivity index (χ3n) is 5.54. The fraction of sp³-hybridized carbons (Fsp3) is 0.261. The van der Waals surface area contributed by atoms with Crippen LogP contribution >= 0.6 is 0 Å². The van der Waals surface area contributed by atoms with Crippen LogP contribution in [0, 0.1) is 0 Å². The Morgan fingerprint density at radius 3 is 2.76 bits per heavy atom. The first kappa shape index (κ1) is 18.0. The predicted octanol–water partition coefficient (Wildman–Crippen LogP) is 2.93. The lowest BCUT2D eigenvalue weighted by Gasteiger charge is -2.26. The number of hydrazine groups is 1. The van der Waals surface area contributed by atoms with E-state index >= 15 is 0 Å². The molecule has 2 aliphatic rings. The molecule has 1 saturated heterocycles. The van der Waals surface area contributed by atoms with E-state index in [9.17, 15) is 0 Å². The summed E-state index contributed by atoms with van der Waals surface area (Å²) in [5, 5.41) is 1.23. The Morgan fingerprint density at radius 1 is 1.03 bits per heavy atom. The fourth-order valence-corrected chi connectivity index (χ4v) is 3.86.